The SMILES string of the molecule is O=S1(=O)CC(n2nnc3cc(F)c(Br)cc32)C1. The standard InChI is InChI=1S/C9H7BrFN3O2S/c10-6-1-9-8(2-7(6)11)12-13-14(9)5-3-17(15,16)4-5/h1-2,5H,3-4H2. The second-order valence-electron chi connectivity index (χ2n) is 4.02. The third-order valence-corrected chi connectivity index (χ3v) is 5.14. The first-order chi connectivity index (χ1) is 7.96. The van der Waals surface area contributed by atoms with E-state index < -0.39 is 15.7 Å². The highest BCUT2D eigenvalue weighted by molar-refractivity contribution is 9.10. The molecule has 2 heterocycles. The lowest BCUT2D eigenvalue weighted by Gasteiger charge is -2.25. The average molecular weight is 320 g/mol. The molecule has 0 radical (unpaired) electrons. The molecule has 0 aliphatic carbocycles. The Hall–Kier alpha value is -1.02. The van der Waals surface area contributed by atoms with E-state index in [0.717, 1.165) is 0 Å². The van der Waals surface area contributed by atoms with E-state index in [0.29, 0.717) is 15.5 Å². The average Bonchev–Trinajstić information content (AvgIpc) is 2.58. The van der Waals surface area contributed by atoms with Gasteiger partial charge in [0.05, 0.1) is 27.5 Å². The summed E-state index contributed by atoms with van der Waals surface area (Å²) in [7, 11) is -2.92. The van der Waals surface area contributed by atoms with Gasteiger partial charge in [-0.05, 0) is 22.0 Å². The number of halogens is 2. The molecule has 0 atom stereocenters. The van der Waals surface area contributed by atoms with Crippen molar-refractivity contribution in [3.8, 4) is 0 Å². The van der Waals surface area contributed by atoms with Crippen molar-refractivity contribution in [1.82, 2.24) is 15.0 Å². The zero-order chi connectivity index (χ0) is 12.2. The van der Waals surface area contributed by atoms with Gasteiger partial charge in [0.25, 0.3) is 0 Å². The highest BCUT2D eigenvalue weighted by Crippen LogP contribution is 2.28. The molecular weight excluding hydrogens is 313 g/mol. The fourth-order valence-corrected chi connectivity index (χ4v) is 3.57. The third kappa shape index (κ3) is 1.75. The van der Waals surface area contributed by atoms with E-state index >= 15 is 0 Å². The molecule has 5 nitrogen and oxygen atoms in total. The van der Waals surface area contributed by atoms with Crippen LogP contribution >= 0.6 is 15.9 Å². The third-order valence-electron chi connectivity index (χ3n) is 2.75. The van der Waals surface area contributed by atoms with E-state index in [-0.39, 0.29) is 17.5 Å². The lowest BCUT2D eigenvalue weighted by Crippen LogP contribution is -2.38. The quantitative estimate of drug-likeness (QED) is 0.794. The van der Waals surface area contributed by atoms with Crippen LogP contribution < -0.4 is 0 Å². The fourth-order valence-electron chi connectivity index (χ4n) is 1.88. The van der Waals surface area contributed by atoms with Crippen LogP contribution in [0.15, 0.2) is 16.6 Å². The summed E-state index contributed by atoms with van der Waals surface area (Å²) in [5.41, 5.74) is 1.06. The number of benzene rings is 1. The van der Waals surface area contributed by atoms with Crippen molar-refractivity contribution in [3.63, 3.8) is 0 Å². The predicted octanol–water partition coefficient (Wildman–Crippen LogP) is 1.30. The molecule has 1 aliphatic heterocycles. The van der Waals surface area contributed by atoms with Crippen LogP contribution in [0.5, 0.6) is 0 Å². The van der Waals surface area contributed by atoms with Crippen molar-refractivity contribution in [1.29, 1.82) is 0 Å². The first-order valence-corrected chi connectivity index (χ1v) is 7.48. The number of nitrogens with zero attached hydrogens (tertiary/aromatic N) is 3. The van der Waals surface area contributed by atoms with Crippen molar-refractivity contribution < 1.29 is 12.8 Å². The topological polar surface area (TPSA) is 64.8 Å². The molecule has 1 saturated heterocycles. The summed E-state index contributed by atoms with van der Waals surface area (Å²) in [6, 6.07) is 2.65. The van der Waals surface area contributed by atoms with E-state index in [2.05, 4.69) is 26.2 Å². The second kappa shape index (κ2) is 3.49. The molecule has 1 fully saturated rings. The number of sulfone groups is 1. The zero-order valence-corrected chi connectivity index (χ0v) is 10.9. The molecule has 17 heavy (non-hydrogen) atoms. The Labute approximate surface area is 105 Å². The van der Waals surface area contributed by atoms with Gasteiger partial charge in [0.1, 0.15) is 11.3 Å². The van der Waals surface area contributed by atoms with E-state index in [4.69, 9.17) is 0 Å². The Kier molecular flexibility index (Phi) is 2.27. The molecule has 0 spiro atoms. The Morgan fingerprint density at radius 2 is 2.12 bits per heavy atom. The maximum atomic E-state index is 13.3. The van der Waals surface area contributed by atoms with Crippen LogP contribution in [0.2, 0.25) is 0 Å². The van der Waals surface area contributed by atoms with Gasteiger partial charge in [-0.3, -0.25) is 0 Å². The Morgan fingerprint density at radius 3 is 2.76 bits per heavy atom. The highest BCUT2D eigenvalue weighted by Gasteiger charge is 2.36. The van der Waals surface area contributed by atoms with Crippen LogP contribution in [-0.4, -0.2) is 34.9 Å². The minimum absolute atomic E-state index is 0.0699. The minimum atomic E-state index is -2.92. The molecule has 1 aliphatic rings. The lowest BCUT2D eigenvalue weighted by atomic mass is 10.3. The van der Waals surface area contributed by atoms with Crippen LogP contribution in [0, 0.1) is 5.82 Å². The molecular formula is C9H7BrFN3O2S. The number of rotatable bonds is 1. The van der Waals surface area contributed by atoms with Gasteiger partial charge in [-0.2, -0.15) is 0 Å². The molecule has 2 aromatic rings. The molecule has 3 rings (SSSR count). The maximum Gasteiger partial charge on any atom is 0.154 e. The van der Waals surface area contributed by atoms with Crippen molar-refractivity contribution in [2.45, 2.75) is 6.04 Å². The Bertz CT molecular complexity index is 700. The van der Waals surface area contributed by atoms with Gasteiger partial charge in [0, 0.05) is 6.07 Å². The van der Waals surface area contributed by atoms with Gasteiger partial charge in [-0.15, -0.1) is 5.10 Å². The smallest absolute Gasteiger partial charge is 0.154 e. The molecule has 1 aromatic heterocycles. The number of fused-ring (bicyclic) bond motifs is 1. The maximum absolute atomic E-state index is 13.3. The first kappa shape index (κ1) is 11.1. The second-order valence-corrected chi connectivity index (χ2v) is 7.03. The summed E-state index contributed by atoms with van der Waals surface area (Å²) in [4.78, 5) is 0. The van der Waals surface area contributed by atoms with E-state index in [9.17, 15) is 12.8 Å². The molecule has 0 saturated carbocycles. The summed E-state index contributed by atoms with van der Waals surface area (Å²) in [6.07, 6.45) is 0. The van der Waals surface area contributed by atoms with E-state index in [1.165, 1.54) is 6.07 Å². The van der Waals surface area contributed by atoms with Gasteiger partial charge in [0.2, 0.25) is 0 Å². The predicted molar refractivity (Wildman–Crippen MR) is 62.9 cm³/mol. The van der Waals surface area contributed by atoms with Crippen molar-refractivity contribution in [2.75, 3.05) is 11.5 Å². The highest BCUT2D eigenvalue weighted by atomic mass is 79.9. The lowest BCUT2D eigenvalue weighted by molar-refractivity contribution is 0.473. The van der Waals surface area contributed by atoms with Crippen LogP contribution in [0.25, 0.3) is 11.0 Å². The first-order valence-electron chi connectivity index (χ1n) is 4.87. The Balaban J connectivity index is 2.10. The minimum Gasteiger partial charge on any atom is -0.239 e. The molecule has 0 bridgehead atoms. The molecule has 1 aromatic carbocycles. The number of aromatic nitrogens is 3. The zero-order valence-electron chi connectivity index (χ0n) is 8.47. The number of hydrogen-bond donors (Lipinski definition) is 0. The summed E-state index contributed by atoms with van der Waals surface area (Å²) in [5, 5.41) is 7.71. The molecule has 0 amide bonds. The van der Waals surface area contributed by atoms with Gasteiger partial charge in [0.15, 0.2) is 9.84 Å². The summed E-state index contributed by atoms with van der Waals surface area (Å²) in [6.45, 7) is 0. The van der Waals surface area contributed by atoms with Crippen LogP contribution in [0.3, 0.4) is 0 Å². The van der Waals surface area contributed by atoms with Crippen LogP contribution in [0.4, 0.5) is 4.39 Å². The molecule has 0 N–H and O–H groups in total. The van der Waals surface area contributed by atoms with Crippen molar-refractivity contribution in [3.05, 3.63) is 22.4 Å². The fraction of sp³-hybridized carbons (Fsp3) is 0.333. The van der Waals surface area contributed by atoms with Gasteiger partial charge >= 0.3 is 0 Å². The monoisotopic (exact) mass is 319 g/mol. The molecule has 8 heteroatoms. The number of hydrogen-bond acceptors (Lipinski definition) is 4. The van der Waals surface area contributed by atoms with Gasteiger partial charge in [-0.25, -0.2) is 17.5 Å². The van der Waals surface area contributed by atoms with Gasteiger partial charge < -0.3 is 0 Å². The normalized spacial score (nSPS) is 19.4. The van der Waals surface area contributed by atoms with E-state index in [1.54, 1.807) is 10.7 Å². The van der Waals surface area contributed by atoms with Gasteiger partial charge in [-0.1, -0.05) is 5.21 Å². The summed E-state index contributed by atoms with van der Waals surface area (Å²) in [5.74, 6) is -0.272. The Morgan fingerprint density at radius 1 is 1.41 bits per heavy atom. The van der Waals surface area contributed by atoms with E-state index in [1.807, 2.05) is 0 Å². The molecule has 0 unspecified atom stereocenters. The largest absolute Gasteiger partial charge is 0.239 e. The summed E-state index contributed by atoms with van der Waals surface area (Å²) >= 11 is 3.08. The van der Waals surface area contributed by atoms with Crippen molar-refractivity contribution in [2.24, 2.45) is 0 Å². The summed E-state index contributed by atoms with van der Waals surface area (Å²) < 4.78 is 37.4. The van der Waals surface area contributed by atoms with Crippen LogP contribution in [-0.2, 0) is 9.84 Å². The van der Waals surface area contributed by atoms with Crippen molar-refractivity contribution >= 4 is 36.8 Å². The van der Waals surface area contributed by atoms with Crippen LogP contribution in [0.1, 0.15) is 6.04 Å². The molecule has 90 valence electrons.